The average Bonchev–Trinajstić information content (AvgIpc) is 3.41. The molecule has 0 spiro atoms. The smallest absolute Gasteiger partial charge is 0.526 e. The first-order valence-electron chi connectivity index (χ1n) is 11.5. The molecule has 4 aromatic carbocycles. The molecule has 1 atom stereocenters. The van der Waals surface area contributed by atoms with Crippen molar-refractivity contribution in [3.05, 3.63) is 139 Å². The maximum Gasteiger partial charge on any atom is 0.576 e. The van der Waals surface area contributed by atoms with E-state index in [2.05, 4.69) is 6.58 Å². The maximum atomic E-state index is 9.02. The molecular weight excluding hydrogens is 435 g/mol. The second kappa shape index (κ2) is 16.8. The van der Waals surface area contributed by atoms with Crippen molar-refractivity contribution in [1.82, 2.24) is 0 Å². The van der Waals surface area contributed by atoms with E-state index < -0.39 is 0 Å². The largest absolute Gasteiger partial charge is 0.576 e. The third kappa shape index (κ3) is 11.3. The number of hydrogen-bond donors (Lipinski definition) is 2. The minimum atomic E-state index is -0.341. The quantitative estimate of drug-likeness (QED) is 0.360. The topological polar surface area (TPSA) is 58.9 Å². The molecule has 0 amide bonds. The molecule has 0 aliphatic carbocycles. The van der Waals surface area contributed by atoms with Crippen molar-refractivity contribution in [1.29, 1.82) is 0 Å². The van der Waals surface area contributed by atoms with Gasteiger partial charge in [0, 0.05) is 6.61 Å². The Morgan fingerprint density at radius 2 is 1.20 bits per heavy atom. The molecule has 5 rings (SSSR count). The summed E-state index contributed by atoms with van der Waals surface area (Å²) in [7, 11) is 0.360. The van der Waals surface area contributed by atoms with Gasteiger partial charge in [0.15, 0.2) is 0 Å². The van der Waals surface area contributed by atoms with Gasteiger partial charge in [-0.15, -0.1) is 0 Å². The number of fused-ring (bicyclic) bond motifs is 1. The van der Waals surface area contributed by atoms with Crippen LogP contribution in [0.4, 0.5) is 0 Å². The van der Waals surface area contributed by atoms with Crippen LogP contribution in [0, 0.1) is 0 Å². The summed E-state index contributed by atoms with van der Waals surface area (Å²) < 4.78 is 10.2. The molecule has 1 aliphatic rings. The molecule has 5 heteroatoms. The lowest BCUT2D eigenvalue weighted by Crippen LogP contribution is -1.99. The molecule has 1 unspecified atom stereocenters. The van der Waals surface area contributed by atoms with Gasteiger partial charge in [-0.05, 0) is 42.2 Å². The van der Waals surface area contributed by atoms with Gasteiger partial charge in [0.05, 0.1) is 6.10 Å². The number of benzene rings is 4. The molecule has 35 heavy (non-hydrogen) atoms. The minimum absolute atomic E-state index is 0.240. The molecule has 0 fully saturated rings. The van der Waals surface area contributed by atoms with Crippen molar-refractivity contribution >= 4 is 13.8 Å². The molecular formula is C30H33BO4. The third-order valence-electron chi connectivity index (χ3n) is 4.84. The van der Waals surface area contributed by atoms with Crippen LogP contribution in [0.2, 0.25) is 0 Å². The van der Waals surface area contributed by atoms with Crippen LogP contribution < -0.4 is 9.31 Å². The van der Waals surface area contributed by atoms with Crippen molar-refractivity contribution < 1.29 is 19.5 Å². The van der Waals surface area contributed by atoms with Crippen molar-refractivity contribution in [3.63, 3.8) is 0 Å². The van der Waals surface area contributed by atoms with Crippen molar-refractivity contribution in [2.75, 3.05) is 6.61 Å². The summed E-state index contributed by atoms with van der Waals surface area (Å²) in [6, 6.07) is 37.2. The van der Waals surface area contributed by atoms with Gasteiger partial charge in [-0.2, -0.15) is 0 Å². The van der Waals surface area contributed by atoms with Crippen LogP contribution in [0.1, 0.15) is 29.7 Å². The van der Waals surface area contributed by atoms with E-state index in [1.807, 2.05) is 121 Å². The second-order valence-corrected chi connectivity index (χ2v) is 7.51. The molecule has 0 radical (unpaired) electrons. The molecule has 4 aromatic rings. The van der Waals surface area contributed by atoms with Crippen LogP contribution in [0.5, 0.6) is 11.5 Å². The highest BCUT2D eigenvalue weighted by atomic mass is 16.6. The zero-order chi connectivity index (χ0) is 25.1. The predicted molar refractivity (Wildman–Crippen MR) is 146 cm³/mol. The van der Waals surface area contributed by atoms with Crippen molar-refractivity contribution in [2.45, 2.75) is 19.4 Å². The number of aliphatic hydroxyl groups excluding tert-OH is 2. The van der Waals surface area contributed by atoms with Gasteiger partial charge in [0.1, 0.15) is 11.5 Å². The van der Waals surface area contributed by atoms with E-state index in [1.54, 1.807) is 6.92 Å². The number of para-hydroxylation sites is 2. The first kappa shape index (κ1) is 27.4. The van der Waals surface area contributed by atoms with Gasteiger partial charge in [-0.3, -0.25) is 0 Å². The van der Waals surface area contributed by atoms with Crippen LogP contribution >= 0.6 is 0 Å². The van der Waals surface area contributed by atoms with E-state index >= 15 is 0 Å². The highest BCUT2D eigenvalue weighted by Gasteiger charge is 2.12. The molecule has 0 saturated carbocycles. The Morgan fingerprint density at radius 3 is 1.60 bits per heavy atom. The average molecular weight is 468 g/mol. The SMILES string of the molecule is B1Oc2ccccc2O1.C=Cc1ccccc1.CC(O)c1ccccc1.OCCc1ccccc1. The Bertz CT molecular complexity index is 1050. The fraction of sp³-hybridized carbons (Fsp3) is 0.133. The van der Waals surface area contributed by atoms with Crippen LogP contribution in [0.3, 0.4) is 0 Å². The van der Waals surface area contributed by atoms with E-state index in [9.17, 15) is 0 Å². The molecule has 2 N–H and O–H groups in total. The summed E-state index contributed by atoms with van der Waals surface area (Å²) >= 11 is 0. The van der Waals surface area contributed by atoms with Crippen molar-refractivity contribution in [2.24, 2.45) is 0 Å². The Balaban J connectivity index is 0.000000165. The zero-order valence-electron chi connectivity index (χ0n) is 20.2. The molecule has 1 heterocycles. The van der Waals surface area contributed by atoms with E-state index in [-0.39, 0.29) is 12.7 Å². The lowest BCUT2D eigenvalue weighted by atomic mass is 10.1. The summed E-state index contributed by atoms with van der Waals surface area (Å²) in [6.45, 7) is 5.63. The van der Waals surface area contributed by atoms with Gasteiger partial charge in [0.25, 0.3) is 0 Å². The van der Waals surface area contributed by atoms with Crippen LogP contribution in [0.15, 0.2) is 122 Å². The summed E-state index contributed by atoms with van der Waals surface area (Å²) in [5.41, 5.74) is 3.34. The summed E-state index contributed by atoms with van der Waals surface area (Å²) in [4.78, 5) is 0. The molecule has 4 nitrogen and oxygen atoms in total. The Kier molecular flexibility index (Phi) is 13.1. The monoisotopic (exact) mass is 468 g/mol. The first-order chi connectivity index (χ1) is 17.1. The Morgan fingerprint density at radius 1 is 0.743 bits per heavy atom. The number of hydrogen-bond acceptors (Lipinski definition) is 4. The number of rotatable bonds is 4. The van der Waals surface area contributed by atoms with Crippen LogP contribution in [-0.4, -0.2) is 24.5 Å². The van der Waals surface area contributed by atoms with Gasteiger partial charge in [0.2, 0.25) is 0 Å². The van der Waals surface area contributed by atoms with E-state index in [0.29, 0.717) is 7.69 Å². The van der Waals surface area contributed by atoms with Crippen LogP contribution in [0.25, 0.3) is 6.08 Å². The molecule has 0 aromatic heterocycles. The zero-order valence-corrected chi connectivity index (χ0v) is 20.2. The number of aliphatic hydroxyl groups is 2. The van der Waals surface area contributed by atoms with Crippen LogP contribution in [-0.2, 0) is 6.42 Å². The van der Waals surface area contributed by atoms with Gasteiger partial charge < -0.3 is 19.5 Å². The van der Waals surface area contributed by atoms with Gasteiger partial charge >= 0.3 is 7.69 Å². The predicted octanol–water partition coefficient (Wildman–Crippen LogP) is 6.02. The summed E-state index contributed by atoms with van der Waals surface area (Å²) in [5.74, 6) is 1.69. The Labute approximate surface area is 209 Å². The fourth-order valence-corrected chi connectivity index (χ4v) is 2.94. The standard InChI is InChI=1S/2C8H10O.C8H8.C6H5BO2/c1-7(9)8-5-3-2-4-6-8;9-7-6-8-4-2-1-3-5-8;1-2-8-6-4-3-5-7-8;1-2-4-6-5(3-1)8-7-9-6/h2-7,9H,1H3;1-5,9H,6-7H2;2-7H,1H2;1-4,7H. The lowest BCUT2D eigenvalue weighted by Gasteiger charge is -2.00. The fourth-order valence-electron chi connectivity index (χ4n) is 2.94. The van der Waals surface area contributed by atoms with E-state index in [1.165, 1.54) is 11.1 Å². The Hall–Kier alpha value is -3.80. The molecule has 0 bridgehead atoms. The normalized spacial score (nSPS) is 11.1. The molecule has 1 aliphatic heterocycles. The van der Waals surface area contributed by atoms with Gasteiger partial charge in [-0.25, -0.2) is 0 Å². The molecule has 180 valence electrons. The first-order valence-corrected chi connectivity index (χ1v) is 11.5. The van der Waals surface area contributed by atoms with E-state index in [0.717, 1.165) is 23.5 Å². The second-order valence-electron chi connectivity index (χ2n) is 7.51. The summed E-state index contributed by atoms with van der Waals surface area (Å²) in [5, 5.41) is 17.5. The lowest BCUT2D eigenvalue weighted by molar-refractivity contribution is 0.199. The van der Waals surface area contributed by atoms with Gasteiger partial charge in [-0.1, -0.05) is 116 Å². The summed E-state index contributed by atoms with van der Waals surface area (Å²) in [6.07, 6.45) is 2.26. The highest BCUT2D eigenvalue weighted by Crippen LogP contribution is 2.29. The molecule has 0 saturated heterocycles. The maximum absolute atomic E-state index is 9.02. The van der Waals surface area contributed by atoms with Crippen molar-refractivity contribution in [3.8, 4) is 11.5 Å². The minimum Gasteiger partial charge on any atom is -0.526 e. The van der Waals surface area contributed by atoms with E-state index in [4.69, 9.17) is 19.5 Å². The third-order valence-corrected chi connectivity index (χ3v) is 4.84. The highest BCUT2D eigenvalue weighted by molar-refractivity contribution is 6.22.